The summed E-state index contributed by atoms with van der Waals surface area (Å²) in [7, 11) is -4.43. The summed E-state index contributed by atoms with van der Waals surface area (Å²) in [5, 5.41) is 0.916. The van der Waals surface area contributed by atoms with Crippen LogP contribution in [-0.2, 0) is 16.2 Å². The van der Waals surface area contributed by atoms with Crippen LogP contribution in [0.3, 0.4) is 0 Å². The van der Waals surface area contributed by atoms with Gasteiger partial charge in [-0.15, -0.1) is 11.3 Å². The lowest BCUT2D eigenvalue weighted by atomic mass is 10.2. The molecule has 0 atom stereocenters. The molecule has 0 spiro atoms. The molecule has 0 saturated carbocycles. The largest absolute Gasteiger partial charge is 0.416 e. The molecule has 0 aliphatic carbocycles. The third-order valence-electron chi connectivity index (χ3n) is 2.71. The van der Waals surface area contributed by atoms with Crippen LogP contribution in [0.4, 0.5) is 18.2 Å². The molecular formula is C12H8ClF3N2O3S2. The van der Waals surface area contributed by atoms with E-state index < -0.39 is 32.6 Å². The highest BCUT2D eigenvalue weighted by Gasteiger charge is 2.33. The minimum Gasteiger partial charge on any atom is -0.366 e. The minimum atomic E-state index is -4.73. The van der Waals surface area contributed by atoms with Crippen molar-refractivity contribution in [3.63, 3.8) is 0 Å². The second-order valence-electron chi connectivity index (χ2n) is 4.28. The highest BCUT2D eigenvalue weighted by Crippen LogP contribution is 2.34. The number of benzene rings is 1. The van der Waals surface area contributed by atoms with Crippen molar-refractivity contribution in [3.05, 3.63) is 45.8 Å². The van der Waals surface area contributed by atoms with Crippen LogP contribution in [0.25, 0.3) is 0 Å². The number of anilines is 1. The highest BCUT2D eigenvalue weighted by atomic mass is 35.5. The second-order valence-corrected chi connectivity index (χ2v) is 7.25. The lowest BCUT2D eigenvalue weighted by Crippen LogP contribution is -2.18. The number of thiophene rings is 1. The Balaban J connectivity index is 2.48. The SMILES string of the molecule is NC(=O)c1ccsc1NS(=O)(=O)c1cc(C(F)(F)F)ccc1Cl. The minimum absolute atomic E-state index is 0.0957. The molecule has 3 N–H and O–H groups in total. The summed E-state index contributed by atoms with van der Waals surface area (Å²) in [5.41, 5.74) is 3.83. The number of alkyl halides is 3. The predicted molar refractivity (Wildman–Crippen MR) is 80.1 cm³/mol. The van der Waals surface area contributed by atoms with Gasteiger partial charge in [0.1, 0.15) is 9.90 Å². The molecule has 2 aromatic rings. The molecule has 5 nitrogen and oxygen atoms in total. The van der Waals surface area contributed by atoms with Crippen molar-refractivity contribution in [1.82, 2.24) is 0 Å². The number of halogens is 4. The highest BCUT2D eigenvalue weighted by molar-refractivity contribution is 7.93. The molecule has 0 radical (unpaired) electrons. The van der Waals surface area contributed by atoms with Gasteiger partial charge in [-0.25, -0.2) is 8.42 Å². The molecular weight excluding hydrogens is 377 g/mol. The van der Waals surface area contributed by atoms with Crippen LogP contribution in [0, 0.1) is 0 Å². The van der Waals surface area contributed by atoms with Crippen molar-refractivity contribution >= 4 is 43.9 Å². The zero-order valence-corrected chi connectivity index (χ0v) is 13.4. The summed E-state index contributed by atoms with van der Waals surface area (Å²) < 4.78 is 64.7. The summed E-state index contributed by atoms with van der Waals surface area (Å²) in [5.74, 6) is -0.876. The number of primary amides is 1. The van der Waals surface area contributed by atoms with Crippen LogP contribution in [0.5, 0.6) is 0 Å². The average Bonchev–Trinajstić information content (AvgIpc) is 2.85. The number of rotatable bonds is 4. The Labute approximate surface area is 137 Å². The molecule has 124 valence electrons. The molecule has 0 aliphatic heterocycles. The van der Waals surface area contributed by atoms with Gasteiger partial charge >= 0.3 is 6.18 Å². The molecule has 23 heavy (non-hydrogen) atoms. The molecule has 1 amide bonds. The van der Waals surface area contributed by atoms with Crippen molar-refractivity contribution in [2.75, 3.05) is 4.72 Å². The zero-order valence-electron chi connectivity index (χ0n) is 11.0. The summed E-state index contributed by atoms with van der Waals surface area (Å²) in [4.78, 5) is 10.4. The van der Waals surface area contributed by atoms with Crippen LogP contribution in [0.2, 0.25) is 5.02 Å². The van der Waals surface area contributed by atoms with Gasteiger partial charge in [0.25, 0.3) is 15.9 Å². The van der Waals surface area contributed by atoms with Crippen LogP contribution in [-0.4, -0.2) is 14.3 Å². The number of sulfonamides is 1. The first-order valence-electron chi connectivity index (χ1n) is 5.79. The number of carbonyl (C=O) groups excluding carboxylic acids is 1. The maximum absolute atomic E-state index is 12.7. The molecule has 2 rings (SSSR count). The molecule has 1 heterocycles. The predicted octanol–water partition coefficient (Wildman–Crippen LogP) is 3.32. The first kappa shape index (κ1) is 17.6. The molecule has 0 fully saturated rings. The van der Waals surface area contributed by atoms with E-state index >= 15 is 0 Å². The van der Waals surface area contributed by atoms with E-state index in [-0.39, 0.29) is 15.6 Å². The van der Waals surface area contributed by atoms with E-state index in [1.807, 2.05) is 4.72 Å². The summed E-state index contributed by atoms with van der Waals surface area (Å²) in [6.45, 7) is 0. The lowest BCUT2D eigenvalue weighted by Gasteiger charge is -2.12. The van der Waals surface area contributed by atoms with Crippen LogP contribution in [0.15, 0.2) is 34.5 Å². The van der Waals surface area contributed by atoms with Crippen LogP contribution in [0.1, 0.15) is 15.9 Å². The molecule has 0 aliphatic rings. The number of hydrogen-bond donors (Lipinski definition) is 2. The first-order chi connectivity index (χ1) is 10.5. The Morgan fingerprint density at radius 3 is 2.48 bits per heavy atom. The Kier molecular flexibility index (Phi) is 4.60. The van der Waals surface area contributed by atoms with E-state index in [0.717, 1.165) is 17.4 Å². The van der Waals surface area contributed by atoms with Crippen molar-refractivity contribution < 1.29 is 26.4 Å². The van der Waals surface area contributed by atoms with Gasteiger partial charge in [0.05, 0.1) is 16.1 Å². The van der Waals surface area contributed by atoms with Gasteiger partial charge in [-0.1, -0.05) is 11.6 Å². The van der Waals surface area contributed by atoms with E-state index in [2.05, 4.69) is 0 Å². The Bertz CT molecular complexity index is 863. The van der Waals surface area contributed by atoms with E-state index in [1.54, 1.807) is 0 Å². The Morgan fingerprint density at radius 1 is 1.26 bits per heavy atom. The molecule has 1 aromatic carbocycles. The smallest absolute Gasteiger partial charge is 0.366 e. The van der Waals surface area contributed by atoms with Gasteiger partial charge in [0, 0.05) is 0 Å². The van der Waals surface area contributed by atoms with Crippen molar-refractivity contribution in [3.8, 4) is 0 Å². The quantitative estimate of drug-likeness (QED) is 0.847. The van der Waals surface area contributed by atoms with Crippen LogP contribution >= 0.6 is 22.9 Å². The van der Waals surface area contributed by atoms with E-state index in [9.17, 15) is 26.4 Å². The van der Waals surface area contributed by atoms with Gasteiger partial charge in [0.15, 0.2) is 0 Å². The molecule has 0 bridgehead atoms. The molecule has 11 heteroatoms. The number of nitrogens with one attached hydrogen (secondary N) is 1. The topological polar surface area (TPSA) is 89.3 Å². The van der Waals surface area contributed by atoms with Gasteiger partial charge in [-0.05, 0) is 29.6 Å². The van der Waals surface area contributed by atoms with Gasteiger partial charge in [-0.3, -0.25) is 9.52 Å². The average molecular weight is 385 g/mol. The van der Waals surface area contributed by atoms with Crippen molar-refractivity contribution in [2.24, 2.45) is 5.73 Å². The van der Waals surface area contributed by atoms with E-state index in [1.165, 1.54) is 11.4 Å². The van der Waals surface area contributed by atoms with Crippen LogP contribution < -0.4 is 10.5 Å². The van der Waals surface area contributed by atoms with Crippen molar-refractivity contribution in [2.45, 2.75) is 11.1 Å². The summed E-state index contributed by atoms with van der Waals surface area (Å²) in [6.07, 6.45) is -4.73. The third kappa shape index (κ3) is 3.77. The molecule has 0 saturated heterocycles. The van der Waals surface area contributed by atoms with Crippen molar-refractivity contribution in [1.29, 1.82) is 0 Å². The van der Waals surface area contributed by atoms with Gasteiger partial charge in [0.2, 0.25) is 0 Å². The number of amides is 1. The molecule has 0 unspecified atom stereocenters. The first-order valence-corrected chi connectivity index (χ1v) is 8.53. The monoisotopic (exact) mass is 384 g/mol. The molecule has 1 aromatic heterocycles. The zero-order chi connectivity index (χ0) is 17.4. The normalized spacial score (nSPS) is 12.2. The maximum atomic E-state index is 12.7. The standard InChI is InChI=1S/C12H8ClF3N2O3S2/c13-8-2-1-6(12(14,15)16)5-9(8)23(20,21)18-11-7(10(17)19)3-4-22-11/h1-5,18H,(H2,17,19). The van der Waals surface area contributed by atoms with E-state index in [4.69, 9.17) is 17.3 Å². The summed E-state index contributed by atoms with van der Waals surface area (Å²) >= 11 is 6.56. The third-order valence-corrected chi connectivity index (χ3v) is 5.50. The maximum Gasteiger partial charge on any atom is 0.416 e. The Hall–Kier alpha value is -1.78. The summed E-state index contributed by atoms with van der Waals surface area (Å²) in [6, 6.07) is 3.21. The number of nitrogens with two attached hydrogens (primary N) is 1. The van der Waals surface area contributed by atoms with Gasteiger partial charge in [-0.2, -0.15) is 13.2 Å². The fourth-order valence-electron chi connectivity index (χ4n) is 1.64. The number of hydrogen-bond acceptors (Lipinski definition) is 4. The lowest BCUT2D eigenvalue weighted by molar-refractivity contribution is -0.137. The Morgan fingerprint density at radius 2 is 1.91 bits per heavy atom. The van der Waals surface area contributed by atoms with E-state index in [0.29, 0.717) is 12.1 Å². The fraction of sp³-hybridized carbons (Fsp3) is 0.0833. The fourth-order valence-corrected chi connectivity index (χ4v) is 4.30. The van der Waals surface area contributed by atoms with Gasteiger partial charge < -0.3 is 5.73 Å². The second kappa shape index (κ2) is 6.02. The number of carbonyl (C=O) groups is 1.